The van der Waals surface area contributed by atoms with E-state index < -0.39 is 6.10 Å². The van der Waals surface area contributed by atoms with Gasteiger partial charge in [-0.2, -0.15) is 4.79 Å². The number of hydrogen-bond donors (Lipinski definition) is 0. The molecule has 1 fully saturated rings. The Morgan fingerprint density at radius 3 is 2.56 bits per heavy atom. The largest absolute Gasteiger partial charge is 0.490 e. The van der Waals surface area contributed by atoms with Gasteiger partial charge in [0.25, 0.3) is 0 Å². The number of morpholine rings is 1. The zero-order valence-electron chi connectivity index (χ0n) is 15.2. The topological polar surface area (TPSA) is 67.3 Å². The summed E-state index contributed by atoms with van der Waals surface area (Å²) in [7, 11) is 0. The minimum absolute atomic E-state index is 0.307. The van der Waals surface area contributed by atoms with Crippen LogP contribution < -0.4 is 0 Å². The monoisotopic (exact) mass is 369 g/mol. The van der Waals surface area contributed by atoms with Crippen LogP contribution in [0.5, 0.6) is 0 Å². The summed E-state index contributed by atoms with van der Waals surface area (Å²) in [6.45, 7) is 8.24. The number of hydrogen-bond acceptors (Lipinski definition) is 4. The normalized spacial score (nSPS) is 21.2. The van der Waals surface area contributed by atoms with Crippen LogP contribution >= 0.6 is 11.6 Å². The first-order valence-electron chi connectivity index (χ1n) is 9.14. The first kappa shape index (κ1) is 20.0. The highest BCUT2D eigenvalue weighted by molar-refractivity contribution is 6.44. The van der Waals surface area contributed by atoms with Gasteiger partial charge in [-0.25, -0.2) is 0 Å². The summed E-state index contributed by atoms with van der Waals surface area (Å²) in [4.78, 5) is 5.57. The molecule has 0 spiro atoms. The summed E-state index contributed by atoms with van der Waals surface area (Å²) in [5, 5.41) is 0.323. The number of rotatable bonds is 9. The summed E-state index contributed by atoms with van der Waals surface area (Å²) in [6.07, 6.45) is 5.42. The molecule has 0 saturated carbocycles. The molecule has 140 valence electrons. The molecule has 2 aliphatic rings. The van der Waals surface area contributed by atoms with Crippen LogP contribution in [0.25, 0.3) is 5.53 Å². The highest BCUT2D eigenvalue weighted by Gasteiger charge is 2.37. The van der Waals surface area contributed by atoms with Crippen molar-refractivity contribution in [2.45, 2.75) is 45.6 Å². The molecule has 1 unspecified atom stereocenters. The Bertz CT molecular complexity index is 550. The molecule has 0 aromatic carbocycles. The molecule has 1 aliphatic carbocycles. The summed E-state index contributed by atoms with van der Waals surface area (Å²) in [6, 6.07) is 0. The Labute approximate surface area is 155 Å². The van der Waals surface area contributed by atoms with E-state index in [0.29, 0.717) is 42.9 Å². The number of unbranched alkanes of at least 4 members (excludes halogenated alkanes) is 2. The Balaban J connectivity index is 2.27. The van der Waals surface area contributed by atoms with E-state index in [9.17, 15) is 5.53 Å². The lowest BCUT2D eigenvalue weighted by atomic mass is 10.0. The quantitative estimate of drug-likeness (QED) is 0.355. The molecule has 7 heteroatoms. The molecule has 1 saturated heterocycles. The van der Waals surface area contributed by atoms with E-state index in [0.717, 1.165) is 44.5 Å². The second kappa shape index (κ2) is 10.6. The minimum atomic E-state index is -0.472. The fourth-order valence-corrected chi connectivity index (χ4v) is 3.04. The highest BCUT2D eigenvalue weighted by Crippen LogP contribution is 2.31. The zero-order chi connectivity index (χ0) is 18.1. The SMILES string of the molecule is CCCCOC1=C(Cl)C(=[N+]=[N-])C(OCCCC)C=C1N1CCOCC1. The van der Waals surface area contributed by atoms with Gasteiger partial charge < -0.3 is 24.6 Å². The molecule has 1 heterocycles. The number of ether oxygens (including phenoxy) is 3. The smallest absolute Gasteiger partial charge is 0.346 e. The lowest BCUT2D eigenvalue weighted by Crippen LogP contribution is -2.40. The summed E-state index contributed by atoms with van der Waals surface area (Å²) in [5.74, 6) is 0.570. The fraction of sp³-hybridized carbons (Fsp3) is 0.722. The molecule has 1 atom stereocenters. The van der Waals surface area contributed by atoms with Crippen LogP contribution in [-0.2, 0) is 14.2 Å². The Morgan fingerprint density at radius 2 is 1.92 bits per heavy atom. The van der Waals surface area contributed by atoms with Crippen molar-refractivity contribution in [1.82, 2.24) is 4.90 Å². The predicted octanol–water partition coefficient (Wildman–Crippen LogP) is 3.34. The molecule has 0 aromatic heterocycles. The molecule has 2 rings (SSSR count). The Hall–Kier alpha value is -1.33. The minimum Gasteiger partial charge on any atom is -0.490 e. The van der Waals surface area contributed by atoms with Crippen molar-refractivity contribution in [2.24, 2.45) is 0 Å². The maximum Gasteiger partial charge on any atom is 0.346 e. The van der Waals surface area contributed by atoms with Crippen molar-refractivity contribution >= 4 is 17.3 Å². The molecular formula is C18H28ClN3O3. The molecule has 6 nitrogen and oxygen atoms in total. The van der Waals surface area contributed by atoms with Crippen molar-refractivity contribution in [2.75, 3.05) is 39.5 Å². The third kappa shape index (κ3) is 5.32. The van der Waals surface area contributed by atoms with Gasteiger partial charge >= 0.3 is 5.71 Å². The summed E-state index contributed by atoms with van der Waals surface area (Å²) >= 11 is 6.53. The number of nitrogens with zero attached hydrogens (tertiary/aromatic N) is 3. The second-order valence-corrected chi connectivity index (χ2v) is 6.50. The van der Waals surface area contributed by atoms with Crippen molar-refractivity contribution in [1.29, 1.82) is 0 Å². The first-order chi connectivity index (χ1) is 12.2. The molecule has 0 radical (unpaired) electrons. The van der Waals surface area contributed by atoms with Crippen LogP contribution in [0.15, 0.2) is 22.6 Å². The van der Waals surface area contributed by atoms with Crippen molar-refractivity contribution < 1.29 is 19.0 Å². The molecule has 0 aromatic rings. The fourth-order valence-electron chi connectivity index (χ4n) is 2.74. The van der Waals surface area contributed by atoms with Crippen molar-refractivity contribution in [3.8, 4) is 0 Å². The van der Waals surface area contributed by atoms with E-state index >= 15 is 0 Å². The average Bonchev–Trinajstić information content (AvgIpc) is 2.64. The van der Waals surface area contributed by atoms with E-state index in [1.165, 1.54) is 0 Å². The van der Waals surface area contributed by atoms with E-state index in [-0.39, 0.29) is 0 Å². The van der Waals surface area contributed by atoms with Gasteiger partial charge in [-0.05, 0) is 18.9 Å². The van der Waals surface area contributed by atoms with E-state index in [2.05, 4.69) is 23.5 Å². The van der Waals surface area contributed by atoms with Gasteiger partial charge in [0.15, 0.2) is 16.9 Å². The summed E-state index contributed by atoms with van der Waals surface area (Å²) in [5.41, 5.74) is 10.7. The van der Waals surface area contributed by atoms with Gasteiger partial charge in [0.1, 0.15) is 0 Å². The van der Waals surface area contributed by atoms with Gasteiger partial charge in [-0.1, -0.05) is 38.3 Å². The van der Waals surface area contributed by atoms with Crippen LogP contribution in [0.3, 0.4) is 0 Å². The van der Waals surface area contributed by atoms with Crippen LogP contribution in [0.1, 0.15) is 39.5 Å². The Kier molecular flexibility index (Phi) is 8.49. The molecular weight excluding hydrogens is 342 g/mol. The lowest BCUT2D eigenvalue weighted by Gasteiger charge is -2.34. The third-order valence-electron chi connectivity index (χ3n) is 4.23. The molecule has 0 N–H and O–H groups in total. The second-order valence-electron chi connectivity index (χ2n) is 6.13. The van der Waals surface area contributed by atoms with Gasteiger partial charge in [-0.3, -0.25) is 0 Å². The number of halogens is 1. The van der Waals surface area contributed by atoms with Gasteiger partial charge in [0.2, 0.25) is 0 Å². The average molecular weight is 370 g/mol. The van der Waals surface area contributed by atoms with Crippen molar-refractivity contribution in [3.63, 3.8) is 0 Å². The lowest BCUT2D eigenvalue weighted by molar-refractivity contribution is -0.0247. The van der Waals surface area contributed by atoms with Crippen LogP contribution in [0, 0.1) is 0 Å². The van der Waals surface area contributed by atoms with Crippen LogP contribution in [-0.4, -0.2) is 61.0 Å². The zero-order valence-corrected chi connectivity index (χ0v) is 15.9. The molecule has 25 heavy (non-hydrogen) atoms. The van der Waals surface area contributed by atoms with Crippen LogP contribution in [0.2, 0.25) is 0 Å². The highest BCUT2D eigenvalue weighted by atomic mass is 35.5. The molecule has 0 amide bonds. The summed E-state index contributed by atoms with van der Waals surface area (Å²) < 4.78 is 17.3. The van der Waals surface area contributed by atoms with Crippen LogP contribution in [0.4, 0.5) is 0 Å². The van der Waals surface area contributed by atoms with E-state index in [1.807, 2.05) is 6.08 Å². The maximum absolute atomic E-state index is 9.45. The van der Waals surface area contributed by atoms with E-state index in [4.69, 9.17) is 25.8 Å². The van der Waals surface area contributed by atoms with Gasteiger partial charge in [-0.15, -0.1) is 0 Å². The maximum atomic E-state index is 9.45. The van der Waals surface area contributed by atoms with E-state index in [1.54, 1.807) is 0 Å². The molecule has 0 bridgehead atoms. The van der Waals surface area contributed by atoms with Gasteiger partial charge in [0, 0.05) is 19.7 Å². The standard InChI is InChI=1S/C18H28ClN3O3/c1-3-5-9-24-15-13-14(22-7-11-23-12-8-22)18(25-10-6-4-2)16(19)17(15)21-20/h13,15H,3-12H2,1-2H3. The Morgan fingerprint density at radius 1 is 1.24 bits per heavy atom. The first-order valence-corrected chi connectivity index (χ1v) is 9.52. The van der Waals surface area contributed by atoms with Crippen molar-refractivity contribution in [3.05, 3.63) is 28.1 Å². The predicted molar refractivity (Wildman–Crippen MR) is 97.5 cm³/mol. The van der Waals surface area contributed by atoms with Gasteiger partial charge in [0.05, 0.1) is 25.5 Å². The molecule has 1 aliphatic heterocycles. The third-order valence-corrected chi connectivity index (χ3v) is 4.60.